The van der Waals surface area contributed by atoms with Gasteiger partial charge in [0.1, 0.15) is 5.75 Å². The van der Waals surface area contributed by atoms with Gasteiger partial charge in [-0.05, 0) is 23.3 Å². The van der Waals surface area contributed by atoms with Crippen LogP contribution in [0.25, 0.3) is 0 Å². The van der Waals surface area contributed by atoms with Crippen molar-refractivity contribution < 1.29 is 5.11 Å². The molecule has 0 aromatic heterocycles. The minimum Gasteiger partial charge on any atom is -0.508 e. The van der Waals surface area contributed by atoms with Crippen molar-refractivity contribution in [1.29, 1.82) is 0 Å². The molecule has 0 aliphatic carbocycles. The molecule has 17 heavy (non-hydrogen) atoms. The molecule has 0 aliphatic rings. The van der Waals surface area contributed by atoms with Crippen LogP contribution in [0, 0.1) is 0 Å². The van der Waals surface area contributed by atoms with Gasteiger partial charge in [0.2, 0.25) is 0 Å². The number of aromatic hydroxyl groups is 1. The van der Waals surface area contributed by atoms with Gasteiger partial charge >= 0.3 is 0 Å². The first-order valence-corrected chi connectivity index (χ1v) is 5.46. The lowest BCUT2D eigenvalue weighted by molar-refractivity contribution is 0.474. The molecule has 4 N–H and O–H groups in total. The maximum atomic E-state index is 9.29. The Morgan fingerprint density at radius 3 is 1.76 bits per heavy atom. The summed E-state index contributed by atoms with van der Waals surface area (Å²) >= 11 is 0. The Hall–Kier alpha value is -1.80. The average molecular weight is 229 g/mol. The van der Waals surface area contributed by atoms with Gasteiger partial charge in [0, 0.05) is 5.41 Å². The fraction of sp³-hybridized carbons (Fsp3) is 0.200. The van der Waals surface area contributed by atoms with Crippen LogP contribution in [-0.4, -0.2) is 5.11 Å². The van der Waals surface area contributed by atoms with E-state index in [-0.39, 0.29) is 11.6 Å². The number of phenols is 1. The lowest BCUT2D eigenvalue weighted by atomic mass is 9.78. The Balaban J connectivity index is 0.00000144. The third kappa shape index (κ3) is 2.66. The smallest absolute Gasteiger partial charge is 0.115 e. The highest BCUT2D eigenvalue weighted by molar-refractivity contribution is 5.39. The normalized spacial score (nSPS) is 10.7. The molecule has 0 fully saturated rings. The highest BCUT2D eigenvalue weighted by Gasteiger charge is 2.22. The molecule has 2 nitrogen and oxygen atoms in total. The third-order valence-electron chi connectivity index (χ3n) is 3.08. The monoisotopic (exact) mass is 229 g/mol. The first kappa shape index (κ1) is 13.3. The van der Waals surface area contributed by atoms with Crippen LogP contribution in [0.3, 0.4) is 0 Å². The van der Waals surface area contributed by atoms with Crippen molar-refractivity contribution in [3.63, 3.8) is 0 Å². The number of phenolic OH excluding ortho intramolecular Hbond substituents is 1. The van der Waals surface area contributed by atoms with Crippen LogP contribution < -0.4 is 6.15 Å². The van der Waals surface area contributed by atoms with E-state index < -0.39 is 0 Å². The van der Waals surface area contributed by atoms with Gasteiger partial charge < -0.3 is 11.3 Å². The van der Waals surface area contributed by atoms with E-state index in [4.69, 9.17) is 0 Å². The Labute approximate surface area is 103 Å². The predicted octanol–water partition coefficient (Wildman–Crippen LogP) is 3.88. The molecule has 2 aromatic carbocycles. The van der Waals surface area contributed by atoms with E-state index in [2.05, 4.69) is 38.1 Å². The summed E-state index contributed by atoms with van der Waals surface area (Å²) in [5, 5.41) is 9.29. The number of benzene rings is 2. The molecule has 0 amide bonds. The maximum absolute atomic E-state index is 9.29. The van der Waals surface area contributed by atoms with Gasteiger partial charge in [0.05, 0.1) is 0 Å². The van der Waals surface area contributed by atoms with Crippen LogP contribution in [0.5, 0.6) is 5.75 Å². The van der Waals surface area contributed by atoms with Crippen molar-refractivity contribution in [1.82, 2.24) is 6.15 Å². The van der Waals surface area contributed by atoms with Gasteiger partial charge in [-0.1, -0.05) is 56.3 Å². The van der Waals surface area contributed by atoms with E-state index in [0.29, 0.717) is 5.75 Å². The van der Waals surface area contributed by atoms with Crippen LogP contribution in [0.4, 0.5) is 0 Å². The first-order valence-electron chi connectivity index (χ1n) is 5.46. The fourth-order valence-electron chi connectivity index (χ4n) is 1.90. The first-order chi connectivity index (χ1) is 7.60. The molecule has 0 radical (unpaired) electrons. The average Bonchev–Trinajstić information content (AvgIpc) is 2.31. The van der Waals surface area contributed by atoms with E-state index in [1.807, 2.05) is 18.2 Å². The SMILES string of the molecule is CC(C)(c1ccccc1)c1ccc(O)cc1.N. The summed E-state index contributed by atoms with van der Waals surface area (Å²) < 4.78 is 0. The summed E-state index contributed by atoms with van der Waals surface area (Å²) in [6.07, 6.45) is 0. The lowest BCUT2D eigenvalue weighted by Gasteiger charge is -2.26. The van der Waals surface area contributed by atoms with E-state index in [9.17, 15) is 5.11 Å². The summed E-state index contributed by atoms with van der Waals surface area (Å²) in [7, 11) is 0. The summed E-state index contributed by atoms with van der Waals surface area (Å²) in [4.78, 5) is 0. The lowest BCUT2D eigenvalue weighted by Crippen LogP contribution is -2.18. The molecular formula is C15H19NO. The topological polar surface area (TPSA) is 55.2 Å². The largest absolute Gasteiger partial charge is 0.508 e. The van der Waals surface area contributed by atoms with Crippen LogP contribution in [0.2, 0.25) is 0 Å². The molecular weight excluding hydrogens is 210 g/mol. The highest BCUT2D eigenvalue weighted by atomic mass is 16.3. The molecule has 0 saturated carbocycles. The van der Waals surface area contributed by atoms with Crippen molar-refractivity contribution in [3.05, 3.63) is 65.7 Å². The fourth-order valence-corrected chi connectivity index (χ4v) is 1.90. The van der Waals surface area contributed by atoms with E-state index in [0.717, 1.165) is 0 Å². The van der Waals surface area contributed by atoms with Gasteiger partial charge in [0.25, 0.3) is 0 Å². The zero-order valence-electron chi connectivity index (χ0n) is 10.4. The van der Waals surface area contributed by atoms with Crippen LogP contribution in [0.15, 0.2) is 54.6 Å². The third-order valence-corrected chi connectivity index (χ3v) is 3.08. The zero-order valence-corrected chi connectivity index (χ0v) is 10.4. The van der Waals surface area contributed by atoms with Crippen LogP contribution in [0.1, 0.15) is 25.0 Å². The summed E-state index contributed by atoms with van der Waals surface area (Å²) in [5.74, 6) is 0.313. The van der Waals surface area contributed by atoms with Crippen LogP contribution >= 0.6 is 0 Å². The highest BCUT2D eigenvalue weighted by Crippen LogP contribution is 2.31. The van der Waals surface area contributed by atoms with Crippen molar-refractivity contribution in [2.75, 3.05) is 0 Å². The van der Waals surface area contributed by atoms with Gasteiger partial charge in [0.15, 0.2) is 0 Å². The second kappa shape index (κ2) is 5.02. The molecule has 2 heteroatoms. The van der Waals surface area contributed by atoms with Crippen molar-refractivity contribution in [2.45, 2.75) is 19.3 Å². The van der Waals surface area contributed by atoms with Crippen molar-refractivity contribution in [2.24, 2.45) is 0 Å². The summed E-state index contributed by atoms with van der Waals surface area (Å²) in [6.45, 7) is 4.38. The molecule has 0 atom stereocenters. The molecule has 2 rings (SSSR count). The predicted molar refractivity (Wildman–Crippen MR) is 71.7 cm³/mol. The molecule has 0 bridgehead atoms. The van der Waals surface area contributed by atoms with E-state index in [1.54, 1.807) is 12.1 Å². The van der Waals surface area contributed by atoms with Gasteiger partial charge in [-0.15, -0.1) is 0 Å². The Kier molecular flexibility index (Phi) is 3.92. The van der Waals surface area contributed by atoms with Crippen LogP contribution in [-0.2, 0) is 5.41 Å². The van der Waals surface area contributed by atoms with Gasteiger partial charge in [-0.3, -0.25) is 0 Å². The minimum atomic E-state index is -0.0328. The summed E-state index contributed by atoms with van der Waals surface area (Å²) in [6, 6.07) is 17.8. The van der Waals surface area contributed by atoms with E-state index >= 15 is 0 Å². The molecule has 0 aliphatic heterocycles. The maximum Gasteiger partial charge on any atom is 0.115 e. The molecule has 2 aromatic rings. The molecule has 0 spiro atoms. The Morgan fingerprint density at radius 2 is 1.24 bits per heavy atom. The molecule has 0 saturated heterocycles. The standard InChI is InChI=1S/C15H16O.H3N/c1-15(2,12-6-4-3-5-7-12)13-8-10-14(16)11-9-13;/h3-11,16H,1-2H3;1H3. The Morgan fingerprint density at radius 1 is 0.765 bits per heavy atom. The Bertz CT molecular complexity index is 460. The number of rotatable bonds is 2. The minimum absolute atomic E-state index is 0. The molecule has 90 valence electrons. The van der Waals surface area contributed by atoms with E-state index in [1.165, 1.54) is 11.1 Å². The second-order valence-electron chi connectivity index (χ2n) is 4.54. The van der Waals surface area contributed by atoms with Crippen molar-refractivity contribution in [3.8, 4) is 5.75 Å². The molecule has 0 unspecified atom stereocenters. The van der Waals surface area contributed by atoms with Crippen molar-refractivity contribution >= 4 is 0 Å². The second-order valence-corrected chi connectivity index (χ2v) is 4.54. The number of hydrogen-bond acceptors (Lipinski definition) is 2. The number of hydrogen-bond donors (Lipinski definition) is 2. The summed E-state index contributed by atoms with van der Waals surface area (Å²) in [5.41, 5.74) is 2.45. The molecule has 0 heterocycles. The quantitative estimate of drug-likeness (QED) is 0.821. The van der Waals surface area contributed by atoms with Gasteiger partial charge in [-0.25, -0.2) is 0 Å². The van der Waals surface area contributed by atoms with Gasteiger partial charge in [-0.2, -0.15) is 0 Å². The zero-order chi connectivity index (χ0) is 11.6.